The number of hydrogen-bond donors (Lipinski definition) is 2. The van der Waals surface area contributed by atoms with E-state index < -0.39 is 16.1 Å². The van der Waals surface area contributed by atoms with E-state index in [1.165, 1.54) is 23.0 Å². The van der Waals surface area contributed by atoms with Gasteiger partial charge in [-0.3, -0.25) is 4.79 Å². The van der Waals surface area contributed by atoms with Gasteiger partial charge in [-0.05, 0) is 49.9 Å². The van der Waals surface area contributed by atoms with Crippen molar-refractivity contribution >= 4 is 37.5 Å². The van der Waals surface area contributed by atoms with Gasteiger partial charge in [0.2, 0.25) is 15.9 Å². The SMILES string of the molecule is Cc1ccc(CCNC(=O)C(NS(=O)(=O)c2ccc3nc(C)sc3c2)C(C)C)cc1. The van der Waals surface area contributed by atoms with Gasteiger partial charge in [0, 0.05) is 6.54 Å². The van der Waals surface area contributed by atoms with Gasteiger partial charge in [-0.15, -0.1) is 11.3 Å². The minimum absolute atomic E-state index is 0.136. The number of nitrogens with zero attached hydrogens (tertiary/aromatic N) is 1. The highest BCUT2D eigenvalue weighted by atomic mass is 32.2. The molecule has 6 nitrogen and oxygen atoms in total. The van der Waals surface area contributed by atoms with Crippen LogP contribution in [0.2, 0.25) is 0 Å². The second-order valence-electron chi connectivity index (χ2n) is 7.73. The number of benzene rings is 2. The first-order valence-electron chi connectivity index (χ1n) is 9.88. The standard InChI is InChI=1S/C22H27N3O3S2/c1-14(2)21(22(26)23-12-11-17-7-5-15(3)6-8-17)25-30(27,28)18-9-10-19-20(13-18)29-16(4)24-19/h5-10,13-14,21,25H,11-12H2,1-4H3,(H,23,26). The molecule has 3 aromatic rings. The number of amides is 1. The Balaban J connectivity index is 1.68. The van der Waals surface area contributed by atoms with Crippen LogP contribution < -0.4 is 10.0 Å². The molecule has 1 atom stereocenters. The average molecular weight is 446 g/mol. The molecule has 1 amide bonds. The second-order valence-corrected chi connectivity index (χ2v) is 10.7. The van der Waals surface area contributed by atoms with E-state index in [1.54, 1.807) is 12.1 Å². The van der Waals surface area contributed by atoms with Crippen molar-refractivity contribution in [1.29, 1.82) is 0 Å². The van der Waals surface area contributed by atoms with E-state index >= 15 is 0 Å². The Hall–Kier alpha value is -2.29. The van der Waals surface area contributed by atoms with Gasteiger partial charge < -0.3 is 5.32 Å². The second kappa shape index (κ2) is 9.24. The Kier molecular flexibility index (Phi) is 6.90. The lowest BCUT2D eigenvalue weighted by atomic mass is 10.0. The van der Waals surface area contributed by atoms with Crippen LogP contribution >= 0.6 is 11.3 Å². The molecule has 1 unspecified atom stereocenters. The fraction of sp³-hybridized carbons (Fsp3) is 0.364. The number of sulfonamides is 1. The first kappa shape index (κ1) is 22.4. The van der Waals surface area contributed by atoms with E-state index in [9.17, 15) is 13.2 Å². The van der Waals surface area contributed by atoms with Crippen LogP contribution in [0.3, 0.4) is 0 Å². The van der Waals surface area contributed by atoms with Crippen molar-refractivity contribution in [2.75, 3.05) is 6.54 Å². The molecule has 1 aromatic heterocycles. The number of aryl methyl sites for hydroxylation is 2. The summed E-state index contributed by atoms with van der Waals surface area (Å²) in [5.74, 6) is -0.524. The summed E-state index contributed by atoms with van der Waals surface area (Å²) >= 11 is 1.44. The fourth-order valence-corrected chi connectivity index (χ4v) is 5.42. The summed E-state index contributed by atoms with van der Waals surface area (Å²) in [7, 11) is -3.85. The number of thiazole rings is 1. The van der Waals surface area contributed by atoms with Gasteiger partial charge in [0.1, 0.15) is 6.04 Å². The highest BCUT2D eigenvalue weighted by Crippen LogP contribution is 2.25. The van der Waals surface area contributed by atoms with Crippen LogP contribution in [0.25, 0.3) is 10.2 Å². The molecule has 30 heavy (non-hydrogen) atoms. The third kappa shape index (κ3) is 5.44. The molecule has 0 spiro atoms. The Bertz CT molecular complexity index is 1140. The normalized spacial score (nSPS) is 13.0. The topological polar surface area (TPSA) is 88.2 Å². The van der Waals surface area contributed by atoms with Crippen molar-refractivity contribution in [3.05, 3.63) is 58.6 Å². The van der Waals surface area contributed by atoms with E-state index in [-0.39, 0.29) is 16.7 Å². The lowest BCUT2D eigenvalue weighted by Crippen LogP contribution is -2.49. The van der Waals surface area contributed by atoms with Crippen molar-refractivity contribution < 1.29 is 13.2 Å². The van der Waals surface area contributed by atoms with Gasteiger partial charge in [-0.25, -0.2) is 13.4 Å². The zero-order valence-corrected chi connectivity index (χ0v) is 19.2. The van der Waals surface area contributed by atoms with Crippen molar-refractivity contribution in [1.82, 2.24) is 15.0 Å². The van der Waals surface area contributed by atoms with Gasteiger partial charge in [-0.1, -0.05) is 43.7 Å². The number of fused-ring (bicyclic) bond motifs is 1. The van der Waals surface area contributed by atoms with Crippen LogP contribution in [0, 0.1) is 19.8 Å². The van der Waals surface area contributed by atoms with Crippen molar-refractivity contribution in [3.8, 4) is 0 Å². The summed E-state index contributed by atoms with van der Waals surface area (Å²) in [6.07, 6.45) is 0.685. The monoisotopic (exact) mass is 445 g/mol. The summed E-state index contributed by atoms with van der Waals surface area (Å²) in [5.41, 5.74) is 3.07. The average Bonchev–Trinajstić information content (AvgIpc) is 3.06. The smallest absolute Gasteiger partial charge is 0.241 e. The van der Waals surface area contributed by atoms with Crippen molar-refractivity contribution in [2.45, 2.75) is 45.1 Å². The third-order valence-electron chi connectivity index (χ3n) is 4.84. The largest absolute Gasteiger partial charge is 0.354 e. The number of hydrogen-bond acceptors (Lipinski definition) is 5. The zero-order chi connectivity index (χ0) is 21.9. The maximum atomic E-state index is 12.9. The maximum absolute atomic E-state index is 12.9. The third-order valence-corrected chi connectivity index (χ3v) is 7.21. The number of carbonyl (C=O) groups is 1. The first-order valence-corrected chi connectivity index (χ1v) is 12.2. The van der Waals surface area contributed by atoms with Crippen LogP contribution in [0.4, 0.5) is 0 Å². The van der Waals surface area contributed by atoms with Crippen LogP contribution in [-0.4, -0.2) is 31.9 Å². The Labute approximate surface area is 181 Å². The summed E-state index contributed by atoms with van der Waals surface area (Å²) in [6, 6.07) is 12.1. The molecule has 0 saturated carbocycles. The fourth-order valence-electron chi connectivity index (χ4n) is 3.11. The van der Waals surface area contributed by atoms with Crippen LogP contribution in [0.15, 0.2) is 47.4 Å². The quantitative estimate of drug-likeness (QED) is 0.555. The molecule has 0 bridgehead atoms. The van der Waals surface area contributed by atoms with E-state index in [0.29, 0.717) is 13.0 Å². The first-order chi connectivity index (χ1) is 14.2. The van der Waals surface area contributed by atoms with Crippen LogP contribution in [0.5, 0.6) is 0 Å². The number of rotatable bonds is 8. The Morgan fingerprint density at radius 1 is 1.10 bits per heavy atom. The van der Waals surface area contributed by atoms with Gasteiger partial charge in [0.25, 0.3) is 0 Å². The minimum atomic E-state index is -3.85. The van der Waals surface area contributed by atoms with Gasteiger partial charge >= 0.3 is 0 Å². The highest BCUT2D eigenvalue weighted by molar-refractivity contribution is 7.89. The number of nitrogens with one attached hydrogen (secondary N) is 2. The summed E-state index contributed by atoms with van der Waals surface area (Å²) < 4.78 is 29.2. The summed E-state index contributed by atoms with van der Waals surface area (Å²) in [4.78, 5) is 17.2. The van der Waals surface area contributed by atoms with Gasteiger partial charge in [-0.2, -0.15) is 4.72 Å². The minimum Gasteiger partial charge on any atom is -0.354 e. The van der Waals surface area contributed by atoms with Crippen molar-refractivity contribution in [3.63, 3.8) is 0 Å². The van der Waals surface area contributed by atoms with E-state index in [1.807, 2.05) is 52.0 Å². The number of aromatic nitrogens is 1. The van der Waals surface area contributed by atoms with Gasteiger partial charge in [0.15, 0.2) is 0 Å². The molecule has 0 aliphatic rings. The Morgan fingerprint density at radius 3 is 2.47 bits per heavy atom. The molecule has 1 heterocycles. The molecule has 160 valence electrons. The van der Waals surface area contributed by atoms with Gasteiger partial charge in [0.05, 0.1) is 20.1 Å². The molecule has 0 fully saturated rings. The molecule has 0 aliphatic heterocycles. The molecule has 8 heteroatoms. The predicted octanol–water partition coefficient (Wildman–Crippen LogP) is 3.57. The molecule has 2 N–H and O–H groups in total. The lowest BCUT2D eigenvalue weighted by molar-refractivity contribution is -0.123. The predicted molar refractivity (Wildman–Crippen MR) is 121 cm³/mol. The molecule has 3 rings (SSSR count). The highest BCUT2D eigenvalue weighted by Gasteiger charge is 2.28. The molecule has 0 aliphatic carbocycles. The molecule has 2 aromatic carbocycles. The van der Waals surface area contributed by atoms with E-state index in [0.717, 1.165) is 20.8 Å². The molecular weight excluding hydrogens is 418 g/mol. The number of carbonyl (C=O) groups excluding carboxylic acids is 1. The lowest BCUT2D eigenvalue weighted by Gasteiger charge is -2.21. The van der Waals surface area contributed by atoms with Crippen molar-refractivity contribution in [2.24, 2.45) is 5.92 Å². The van der Waals surface area contributed by atoms with E-state index in [4.69, 9.17) is 0 Å². The summed E-state index contributed by atoms with van der Waals surface area (Å²) in [6.45, 7) is 8.00. The van der Waals surface area contributed by atoms with E-state index in [2.05, 4.69) is 15.0 Å². The Morgan fingerprint density at radius 2 is 1.80 bits per heavy atom. The maximum Gasteiger partial charge on any atom is 0.241 e. The molecule has 0 radical (unpaired) electrons. The van der Waals surface area contributed by atoms with Crippen LogP contribution in [0.1, 0.15) is 30.0 Å². The molecule has 0 saturated heterocycles. The zero-order valence-electron chi connectivity index (χ0n) is 17.6. The molecular formula is C22H27N3O3S2. The van der Waals surface area contributed by atoms with Crippen LogP contribution in [-0.2, 0) is 21.2 Å². The summed E-state index contributed by atoms with van der Waals surface area (Å²) in [5, 5.41) is 3.74.